The second-order valence-corrected chi connectivity index (χ2v) is 3.75. The van der Waals surface area contributed by atoms with Crippen LogP contribution in [0.15, 0.2) is 12.4 Å². The van der Waals surface area contributed by atoms with Crippen molar-refractivity contribution in [3.8, 4) is 0 Å². The van der Waals surface area contributed by atoms with Crippen molar-refractivity contribution in [3.63, 3.8) is 0 Å². The maximum absolute atomic E-state index is 11.8. The monoisotopic (exact) mass is 240 g/mol. The molecule has 0 unspecified atom stereocenters. The van der Waals surface area contributed by atoms with Gasteiger partial charge in [-0.3, -0.25) is 4.79 Å². The van der Waals surface area contributed by atoms with E-state index in [1.807, 2.05) is 13.8 Å². The quantitative estimate of drug-likeness (QED) is 0.756. The Bertz CT molecular complexity index is 384. The molecule has 0 saturated heterocycles. The molecule has 0 spiro atoms. The topological polar surface area (TPSA) is 64.2 Å². The first-order valence-corrected chi connectivity index (χ1v) is 5.59. The van der Waals surface area contributed by atoms with Crippen LogP contribution in [-0.4, -0.2) is 38.4 Å². The number of thiocarbonyl (C=S) groups is 1. The summed E-state index contributed by atoms with van der Waals surface area (Å²) in [5, 5.41) is 0. The second kappa shape index (κ2) is 5.60. The van der Waals surface area contributed by atoms with Crippen molar-refractivity contribution in [2.45, 2.75) is 20.4 Å². The Hall–Kier alpha value is -1.43. The molecule has 1 amide bonds. The van der Waals surface area contributed by atoms with Gasteiger partial charge >= 0.3 is 0 Å². The Labute approximate surface area is 100 Å². The van der Waals surface area contributed by atoms with Crippen molar-refractivity contribution in [3.05, 3.63) is 18.2 Å². The molecule has 1 aromatic heterocycles. The molecule has 88 valence electrons. The van der Waals surface area contributed by atoms with Crippen LogP contribution >= 0.6 is 12.2 Å². The Balaban J connectivity index is 2.76. The van der Waals surface area contributed by atoms with Gasteiger partial charge in [0.05, 0.1) is 0 Å². The SMILES string of the molecule is CCN(CC)C(=O)Cn1ccnc1C(N)=S. The molecule has 0 aliphatic rings. The molecular formula is C10H16N4OS. The number of rotatable bonds is 5. The van der Waals surface area contributed by atoms with E-state index in [-0.39, 0.29) is 17.4 Å². The molecule has 0 fully saturated rings. The van der Waals surface area contributed by atoms with Gasteiger partial charge in [0.25, 0.3) is 0 Å². The van der Waals surface area contributed by atoms with Crippen LogP contribution in [0, 0.1) is 0 Å². The number of amides is 1. The number of nitrogens with two attached hydrogens (primary N) is 1. The number of imidazole rings is 1. The van der Waals surface area contributed by atoms with Crippen molar-refractivity contribution < 1.29 is 4.79 Å². The van der Waals surface area contributed by atoms with Crippen LogP contribution in [0.25, 0.3) is 0 Å². The standard InChI is InChI=1S/C10H16N4OS/c1-3-13(4-2)8(15)7-14-6-5-12-10(14)9(11)16/h5-6H,3-4,7H2,1-2H3,(H2,11,16). The molecule has 1 rings (SSSR count). The number of hydrogen-bond donors (Lipinski definition) is 1. The van der Waals surface area contributed by atoms with Crippen LogP contribution in [0.3, 0.4) is 0 Å². The maximum atomic E-state index is 11.8. The fourth-order valence-electron chi connectivity index (χ4n) is 1.48. The van der Waals surface area contributed by atoms with E-state index < -0.39 is 0 Å². The number of hydrogen-bond acceptors (Lipinski definition) is 3. The first-order chi connectivity index (χ1) is 7.60. The molecule has 5 nitrogen and oxygen atoms in total. The zero-order valence-corrected chi connectivity index (χ0v) is 10.3. The van der Waals surface area contributed by atoms with Crippen molar-refractivity contribution in [1.82, 2.24) is 14.5 Å². The lowest BCUT2D eigenvalue weighted by molar-refractivity contribution is -0.131. The third-order valence-electron chi connectivity index (χ3n) is 2.36. The van der Waals surface area contributed by atoms with Crippen LogP contribution in [-0.2, 0) is 11.3 Å². The van der Waals surface area contributed by atoms with Gasteiger partial charge in [-0.05, 0) is 13.8 Å². The first-order valence-electron chi connectivity index (χ1n) is 5.18. The molecule has 0 aliphatic carbocycles. The molecule has 1 heterocycles. The van der Waals surface area contributed by atoms with E-state index in [1.54, 1.807) is 21.9 Å². The lowest BCUT2D eigenvalue weighted by Gasteiger charge is -2.19. The number of likely N-dealkylation sites (N-methyl/N-ethyl adjacent to an activating group) is 1. The molecule has 16 heavy (non-hydrogen) atoms. The fourth-order valence-corrected chi connectivity index (χ4v) is 1.65. The summed E-state index contributed by atoms with van der Waals surface area (Å²) in [7, 11) is 0. The third kappa shape index (κ3) is 2.79. The number of nitrogens with zero attached hydrogens (tertiary/aromatic N) is 3. The van der Waals surface area contributed by atoms with E-state index in [2.05, 4.69) is 4.98 Å². The largest absolute Gasteiger partial charge is 0.387 e. The van der Waals surface area contributed by atoms with Crippen LogP contribution < -0.4 is 5.73 Å². The van der Waals surface area contributed by atoms with Crippen LogP contribution in [0.1, 0.15) is 19.7 Å². The fraction of sp³-hybridized carbons (Fsp3) is 0.500. The number of carbonyl (C=O) groups excluding carboxylic acids is 1. The van der Waals surface area contributed by atoms with Crippen LogP contribution in [0.4, 0.5) is 0 Å². The summed E-state index contributed by atoms with van der Waals surface area (Å²) < 4.78 is 1.67. The van der Waals surface area contributed by atoms with Gasteiger partial charge in [0.1, 0.15) is 11.5 Å². The molecule has 0 atom stereocenters. The summed E-state index contributed by atoms with van der Waals surface area (Å²) in [6.07, 6.45) is 3.29. The highest BCUT2D eigenvalue weighted by molar-refractivity contribution is 7.80. The first kappa shape index (κ1) is 12.6. The van der Waals surface area contributed by atoms with Crippen molar-refractivity contribution >= 4 is 23.1 Å². The lowest BCUT2D eigenvalue weighted by Crippen LogP contribution is -2.34. The summed E-state index contributed by atoms with van der Waals surface area (Å²) in [6, 6.07) is 0. The average molecular weight is 240 g/mol. The Morgan fingerprint density at radius 1 is 1.56 bits per heavy atom. The highest BCUT2D eigenvalue weighted by atomic mass is 32.1. The van der Waals surface area contributed by atoms with E-state index in [4.69, 9.17) is 18.0 Å². The van der Waals surface area contributed by atoms with Crippen molar-refractivity contribution in [2.75, 3.05) is 13.1 Å². The van der Waals surface area contributed by atoms with Crippen molar-refractivity contribution in [1.29, 1.82) is 0 Å². The van der Waals surface area contributed by atoms with Crippen LogP contribution in [0.5, 0.6) is 0 Å². The summed E-state index contributed by atoms with van der Waals surface area (Å²) in [6.45, 7) is 5.53. The van der Waals surface area contributed by atoms with Gasteiger partial charge in [-0.25, -0.2) is 4.98 Å². The zero-order valence-electron chi connectivity index (χ0n) is 9.51. The van der Waals surface area contributed by atoms with E-state index in [0.717, 1.165) is 0 Å². The highest BCUT2D eigenvalue weighted by Crippen LogP contribution is 2.00. The molecule has 0 aromatic carbocycles. The van der Waals surface area contributed by atoms with Gasteiger partial charge in [-0.1, -0.05) is 12.2 Å². The predicted molar refractivity (Wildman–Crippen MR) is 66.0 cm³/mol. The molecule has 0 saturated carbocycles. The Morgan fingerprint density at radius 2 is 2.19 bits per heavy atom. The van der Waals surface area contributed by atoms with E-state index in [9.17, 15) is 4.79 Å². The summed E-state index contributed by atoms with van der Waals surface area (Å²) in [5.41, 5.74) is 5.50. The average Bonchev–Trinajstić information content (AvgIpc) is 2.67. The van der Waals surface area contributed by atoms with Gasteiger partial charge in [-0.2, -0.15) is 0 Å². The van der Waals surface area contributed by atoms with E-state index in [0.29, 0.717) is 18.9 Å². The predicted octanol–water partition coefficient (Wildman–Crippen LogP) is 0.386. The summed E-state index contributed by atoms with van der Waals surface area (Å²) >= 11 is 4.85. The van der Waals surface area contributed by atoms with Gasteiger partial charge in [0, 0.05) is 25.5 Å². The molecule has 6 heteroatoms. The molecule has 0 bridgehead atoms. The van der Waals surface area contributed by atoms with Gasteiger partial charge in [-0.15, -0.1) is 0 Å². The van der Waals surface area contributed by atoms with Gasteiger partial charge in [0.15, 0.2) is 5.82 Å². The van der Waals surface area contributed by atoms with Crippen molar-refractivity contribution in [2.24, 2.45) is 5.73 Å². The smallest absolute Gasteiger partial charge is 0.242 e. The number of carbonyl (C=O) groups is 1. The molecule has 0 aliphatic heterocycles. The van der Waals surface area contributed by atoms with Gasteiger partial charge in [0.2, 0.25) is 5.91 Å². The molecule has 1 aromatic rings. The van der Waals surface area contributed by atoms with E-state index >= 15 is 0 Å². The lowest BCUT2D eigenvalue weighted by atomic mass is 10.4. The van der Waals surface area contributed by atoms with E-state index in [1.165, 1.54) is 0 Å². The minimum Gasteiger partial charge on any atom is -0.387 e. The molecule has 2 N–H and O–H groups in total. The Morgan fingerprint density at radius 3 is 2.69 bits per heavy atom. The number of aromatic nitrogens is 2. The summed E-state index contributed by atoms with van der Waals surface area (Å²) in [4.78, 5) is 17.8. The highest BCUT2D eigenvalue weighted by Gasteiger charge is 2.13. The second-order valence-electron chi connectivity index (χ2n) is 3.31. The maximum Gasteiger partial charge on any atom is 0.242 e. The molecule has 0 radical (unpaired) electrons. The third-order valence-corrected chi connectivity index (χ3v) is 2.54. The molecular weight excluding hydrogens is 224 g/mol. The van der Waals surface area contributed by atoms with Crippen LogP contribution in [0.2, 0.25) is 0 Å². The van der Waals surface area contributed by atoms with Gasteiger partial charge < -0.3 is 15.2 Å². The Kier molecular flexibility index (Phi) is 4.42. The minimum atomic E-state index is 0.0421. The minimum absolute atomic E-state index is 0.0421. The summed E-state index contributed by atoms with van der Waals surface area (Å²) in [5.74, 6) is 0.524. The zero-order chi connectivity index (χ0) is 12.1. The normalized spacial score (nSPS) is 10.1.